The van der Waals surface area contributed by atoms with E-state index in [4.69, 9.17) is 0 Å². The number of aliphatic imine (C=N–C) groups is 1. The van der Waals surface area contributed by atoms with E-state index in [2.05, 4.69) is 32.8 Å². The van der Waals surface area contributed by atoms with Crippen LogP contribution in [0.2, 0.25) is 0 Å². The van der Waals surface area contributed by atoms with Gasteiger partial charge < -0.3 is 0 Å². The maximum Gasteiger partial charge on any atom is 0.100 e. The molecule has 2 rings (SSSR count). The number of hydrogen-bond acceptors (Lipinski definition) is 2. The number of hydrogen-bond donors (Lipinski definition) is 0. The van der Waals surface area contributed by atoms with Crippen molar-refractivity contribution in [2.45, 2.75) is 0 Å². The highest BCUT2D eigenvalue weighted by atomic mass is 79.9. The summed E-state index contributed by atoms with van der Waals surface area (Å²) in [4.78, 5) is 4.26. The van der Waals surface area contributed by atoms with Crippen molar-refractivity contribution < 1.29 is 0 Å². The van der Waals surface area contributed by atoms with Crippen LogP contribution >= 0.6 is 27.3 Å². The summed E-state index contributed by atoms with van der Waals surface area (Å²) < 4.78 is 1.11. The van der Waals surface area contributed by atoms with Crippen molar-refractivity contribution in [2.24, 2.45) is 4.99 Å². The van der Waals surface area contributed by atoms with Crippen molar-refractivity contribution in [2.75, 3.05) is 6.54 Å². The van der Waals surface area contributed by atoms with Crippen LogP contribution in [0, 0.1) is 11.8 Å². The Kier molecular flexibility index (Phi) is 4.54. The summed E-state index contributed by atoms with van der Waals surface area (Å²) in [6, 6.07) is 12.0. The third-order valence-corrected chi connectivity index (χ3v) is 3.51. The molecule has 0 saturated heterocycles. The first kappa shape index (κ1) is 12.1. The summed E-state index contributed by atoms with van der Waals surface area (Å²) in [7, 11) is 0. The molecule has 0 aliphatic rings. The average Bonchev–Trinajstić information content (AvgIpc) is 2.76. The zero-order valence-electron chi connectivity index (χ0n) is 9.06. The second kappa shape index (κ2) is 6.39. The molecule has 1 aromatic carbocycles. The first-order chi connectivity index (χ1) is 8.34. The Morgan fingerprint density at radius 1 is 1.29 bits per heavy atom. The fourth-order valence-electron chi connectivity index (χ4n) is 1.25. The third kappa shape index (κ3) is 4.18. The summed E-state index contributed by atoms with van der Waals surface area (Å²) in [5.41, 5.74) is 2.14. The molecule has 0 aliphatic heterocycles. The molecule has 0 unspecified atom stereocenters. The van der Waals surface area contributed by atoms with E-state index in [1.54, 1.807) is 11.3 Å². The normalized spacial score (nSPS) is 10.2. The number of thiophene rings is 1. The maximum absolute atomic E-state index is 4.26. The minimum absolute atomic E-state index is 0.530. The summed E-state index contributed by atoms with van der Waals surface area (Å²) in [6.07, 6.45) is 1.85. The molecule has 84 valence electrons. The number of benzene rings is 1. The fraction of sp³-hybridized carbons (Fsp3) is 0.0714. The Balaban J connectivity index is 1.88. The topological polar surface area (TPSA) is 12.4 Å². The van der Waals surface area contributed by atoms with Gasteiger partial charge in [-0.3, -0.25) is 4.99 Å². The van der Waals surface area contributed by atoms with Crippen LogP contribution in [0.1, 0.15) is 11.1 Å². The summed E-state index contributed by atoms with van der Waals surface area (Å²) in [5.74, 6) is 6.09. The Bertz CT molecular complexity index is 561. The molecule has 2 aromatic rings. The number of halogens is 1. The molecule has 0 spiro atoms. The summed E-state index contributed by atoms with van der Waals surface area (Å²) >= 11 is 5.05. The van der Waals surface area contributed by atoms with Crippen molar-refractivity contribution in [1.29, 1.82) is 0 Å². The third-order valence-electron chi connectivity index (χ3n) is 2.01. The lowest BCUT2D eigenvalue weighted by atomic mass is 10.2. The highest BCUT2D eigenvalue weighted by molar-refractivity contribution is 9.11. The monoisotopic (exact) mass is 303 g/mol. The molecule has 1 nitrogen and oxygen atoms in total. The van der Waals surface area contributed by atoms with Gasteiger partial charge in [-0.1, -0.05) is 42.2 Å². The van der Waals surface area contributed by atoms with Crippen molar-refractivity contribution in [1.82, 2.24) is 0 Å². The number of nitrogens with zero attached hydrogens (tertiary/aromatic N) is 1. The van der Waals surface area contributed by atoms with Crippen molar-refractivity contribution in [3.05, 3.63) is 56.7 Å². The zero-order chi connectivity index (χ0) is 11.9. The van der Waals surface area contributed by atoms with Gasteiger partial charge in [0.1, 0.15) is 6.54 Å². The van der Waals surface area contributed by atoms with Gasteiger partial charge in [-0.25, -0.2) is 0 Å². The highest BCUT2D eigenvalue weighted by Crippen LogP contribution is 2.19. The lowest BCUT2D eigenvalue weighted by molar-refractivity contribution is 1.30. The minimum atomic E-state index is 0.530. The van der Waals surface area contributed by atoms with Gasteiger partial charge in [-0.15, -0.1) is 11.3 Å². The SMILES string of the molecule is Brc1cc(C#CCN=Cc2ccccc2)cs1. The molecule has 0 radical (unpaired) electrons. The second-order valence-electron chi connectivity index (χ2n) is 3.32. The van der Waals surface area contributed by atoms with E-state index in [0.29, 0.717) is 6.54 Å². The molecule has 0 bridgehead atoms. The predicted molar refractivity (Wildman–Crippen MR) is 77.8 cm³/mol. The molecule has 0 fully saturated rings. The molecule has 17 heavy (non-hydrogen) atoms. The fourth-order valence-corrected chi connectivity index (χ4v) is 2.34. The Morgan fingerprint density at radius 2 is 2.12 bits per heavy atom. The van der Waals surface area contributed by atoms with Crippen LogP contribution in [-0.2, 0) is 0 Å². The van der Waals surface area contributed by atoms with E-state index in [1.165, 1.54) is 0 Å². The first-order valence-corrected chi connectivity index (χ1v) is 6.79. The average molecular weight is 304 g/mol. The van der Waals surface area contributed by atoms with Gasteiger partial charge in [0.25, 0.3) is 0 Å². The van der Waals surface area contributed by atoms with Crippen LogP contribution in [0.15, 0.2) is 50.6 Å². The molecule has 0 amide bonds. The highest BCUT2D eigenvalue weighted by Gasteiger charge is 1.90. The Morgan fingerprint density at radius 3 is 2.82 bits per heavy atom. The van der Waals surface area contributed by atoms with Crippen LogP contribution in [0.4, 0.5) is 0 Å². The molecular formula is C14H10BrNS. The standard InChI is InChI=1S/C14H10BrNS/c15-14-9-13(11-17-14)7-4-8-16-10-12-5-2-1-3-6-12/h1-3,5-6,9-11H,8H2. The smallest absolute Gasteiger partial charge is 0.100 e. The quantitative estimate of drug-likeness (QED) is 0.588. The molecule has 1 heterocycles. The lowest BCUT2D eigenvalue weighted by Crippen LogP contribution is -1.81. The molecule has 0 aliphatic carbocycles. The summed E-state index contributed by atoms with van der Waals surface area (Å²) in [6.45, 7) is 0.530. The van der Waals surface area contributed by atoms with Gasteiger partial charge in [0, 0.05) is 17.2 Å². The van der Waals surface area contributed by atoms with Crippen molar-refractivity contribution >= 4 is 33.5 Å². The molecule has 0 atom stereocenters. The van der Waals surface area contributed by atoms with E-state index < -0.39 is 0 Å². The number of rotatable bonds is 2. The van der Waals surface area contributed by atoms with Gasteiger partial charge in [-0.2, -0.15) is 0 Å². The van der Waals surface area contributed by atoms with Gasteiger partial charge in [0.05, 0.1) is 3.79 Å². The van der Waals surface area contributed by atoms with Crippen LogP contribution in [0.5, 0.6) is 0 Å². The van der Waals surface area contributed by atoms with Crippen LogP contribution in [0.3, 0.4) is 0 Å². The lowest BCUT2D eigenvalue weighted by Gasteiger charge is -1.88. The molecule has 1 aromatic heterocycles. The van der Waals surface area contributed by atoms with Crippen molar-refractivity contribution in [3.63, 3.8) is 0 Å². The second-order valence-corrected chi connectivity index (χ2v) is 5.61. The first-order valence-electron chi connectivity index (χ1n) is 5.12. The molecule has 0 saturated carbocycles. The van der Waals surface area contributed by atoms with E-state index >= 15 is 0 Å². The van der Waals surface area contributed by atoms with E-state index in [0.717, 1.165) is 14.9 Å². The van der Waals surface area contributed by atoms with Gasteiger partial charge in [0.15, 0.2) is 0 Å². The van der Waals surface area contributed by atoms with Crippen LogP contribution < -0.4 is 0 Å². The van der Waals surface area contributed by atoms with Crippen LogP contribution in [-0.4, -0.2) is 12.8 Å². The maximum atomic E-state index is 4.26. The van der Waals surface area contributed by atoms with Gasteiger partial charge >= 0.3 is 0 Å². The Hall–Kier alpha value is -1.37. The van der Waals surface area contributed by atoms with E-state index in [9.17, 15) is 0 Å². The largest absolute Gasteiger partial charge is 0.280 e. The van der Waals surface area contributed by atoms with Gasteiger partial charge in [-0.05, 0) is 27.6 Å². The predicted octanol–water partition coefficient (Wildman–Crippen LogP) is 3.98. The van der Waals surface area contributed by atoms with Crippen molar-refractivity contribution in [3.8, 4) is 11.8 Å². The summed E-state index contributed by atoms with van der Waals surface area (Å²) in [5, 5.41) is 2.03. The molecule has 0 N–H and O–H groups in total. The minimum Gasteiger partial charge on any atom is -0.280 e. The molecular weight excluding hydrogens is 294 g/mol. The van der Waals surface area contributed by atoms with Gasteiger partial charge in [0.2, 0.25) is 0 Å². The van der Waals surface area contributed by atoms with E-state index in [1.807, 2.05) is 48.0 Å². The molecule has 3 heteroatoms. The van der Waals surface area contributed by atoms with E-state index in [-0.39, 0.29) is 0 Å². The van der Waals surface area contributed by atoms with Crippen LogP contribution in [0.25, 0.3) is 0 Å². The zero-order valence-corrected chi connectivity index (χ0v) is 11.5. The Labute approximate surface area is 113 Å².